The fourth-order valence-corrected chi connectivity index (χ4v) is 4.34. The Bertz CT molecular complexity index is 928. The van der Waals surface area contributed by atoms with Crippen LogP contribution in [0.5, 0.6) is 0 Å². The minimum absolute atomic E-state index is 0.0367. The first-order valence-electron chi connectivity index (χ1n) is 11.2. The summed E-state index contributed by atoms with van der Waals surface area (Å²) in [5, 5.41) is 4.74. The lowest BCUT2D eigenvalue weighted by Gasteiger charge is -2.36. The molecule has 2 amide bonds. The maximum atomic E-state index is 13.3. The molecule has 32 heavy (non-hydrogen) atoms. The average Bonchev–Trinajstić information content (AvgIpc) is 3.26. The van der Waals surface area contributed by atoms with Gasteiger partial charge in [0.15, 0.2) is 0 Å². The second-order valence-electron chi connectivity index (χ2n) is 8.44. The monoisotopic (exact) mass is 460 g/mol. The van der Waals surface area contributed by atoms with Gasteiger partial charge in [0, 0.05) is 36.7 Å². The summed E-state index contributed by atoms with van der Waals surface area (Å²) in [6.07, 6.45) is 5.51. The van der Waals surface area contributed by atoms with Gasteiger partial charge in [-0.1, -0.05) is 23.2 Å². The summed E-state index contributed by atoms with van der Waals surface area (Å²) in [4.78, 5) is 34.1. The van der Waals surface area contributed by atoms with Crippen molar-refractivity contribution in [2.45, 2.75) is 44.6 Å². The molecule has 4 rings (SSSR count). The van der Waals surface area contributed by atoms with Crippen molar-refractivity contribution in [1.82, 2.24) is 19.9 Å². The van der Waals surface area contributed by atoms with Gasteiger partial charge in [-0.05, 0) is 56.4 Å². The van der Waals surface area contributed by atoms with E-state index < -0.39 is 0 Å². The number of amides is 2. The van der Waals surface area contributed by atoms with Gasteiger partial charge >= 0.3 is 0 Å². The molecule has 0 spiro atoms. The molecule has 1 atom stereocenters. The normalized spacial score (nSPS) is 18.9. The summed E-state index contributed by atoms with van der Waals surface area (Å²) in [5.41, 5.74) is 0.801. The van der Waals surface area contributed by atoms with Crippen LogP contribution in [0, 0.1) is 5.92 Å². The number of carbonyl (C=O) groups is 2. The highest BCUT2D eigenvalue weighted by Crippen LogP contribution is 2.32. The lowest BCUT2D eigenvalue weighted by atomic mass is 9.84. The van der Waals surface area contributed by atoms with E-state index in [-0.39, 0.29) is 30.3 Å². The number of halogens is 1. The van der Waals surface area contributed by atoms with E-state index in [1.807, 2.05) is 12.1 Å². The zero-order valence-corrected chi connectivity index (χ0v) is 19.1. The molecule has 2 aromatic rings. The minimum Gasteiger partial charge on any atom is -0.383 e. The van der Waals surface area contributed by atoms with E-state index in [0.29, 0.717) is 36.4 Å². The number of piperidine rings is 1. The summed E-state index contributed by atoms with van der Waals surface area (Å²) in [5.74, 6) is 0.894. The molecular formula is C23H29ClN4O4. The number of hydrogen-bond donors (Lipinski definition) is 0. The van der Waals surface area contributed by atoms with E-state index in [0.717, 1.165) is 44.1 Å². The molecule has 1 unspecified atom stereocenters. The van der Waals surface area contributed by atoms with Crippen LogP contribution in [0.25, 0.3) is 11.4 Å². The second kappa shape index (κ2) is 10.4. The molecule has 2 aliphatic rings. The highest BCUT2D eigenvalue weighted by atomic mass is 35.5. The Balaban J connectivity index is 1.48. The maximum Gasteiger partial charge on any atom is 0.249 e. The van der Waals surface area contributed by atoms with Gasteiger partial charge in [-0.25, -0.2) is 0 Å². The Morgan fingerprint density at radius 2 is 1.97 bits per heavy atom. The largest absolute Gasteiger partial charge is 0.383 e. The first-order chi connectivity index (χ1) is 15.6. The van der Waals surface area contributed by atoms with Gasteiger partial charge in [-0.15, -0.1) is 0 Å². The van der Waals surface area contributed by atoms with Crippen molar-refractivity contribution >= 4 is 23.4 Å². The van der Waals surface area contributed by atoms with Crippen molar-refractivity contribution in [2.24, 2.45) is 5.92 Å². The number of methoxy groups -OCH3 is 1. The van der Waals surface area contributed by atoms with Crippen LogP contribution in [-0.4, -0.2) is 65.1 Å². The Labute approximate surface area is 192 Å². The lowest BCUT2D eigenvalue weighted by Crippen LogP contribution is -2.49. The number of rotatable bonds is 8. The number of ether oxygens (including phenoxy) is 1. The molecule has 172 valence electrons. The third-order valence-corrected chi connectivity index (χ3v) is 6.56. The molecule has 1 saturated carbocycles. The zero-order chi connectivity index (χ0) is 22.5. The van der Waals surface area contributed by atoms with E-state index >= 15 is 0 Å². The summed E-state index contributed by atoms with van der Waals surface area (Å²) >= 11 is 5.96. The quantitative estimate of drug-likeness (QED) is 0.596. The average molecular weight is 461 g/mol. The fourth-order valence-electron chi connectivity index (χ4n) is 4.21. The van der Waals surface area contributed by atoms with Crippen LogP contribution < -0.4 is 0 Å². The molecule has 1 aromatic carbocycles. The van der Waals surface area contributed by atoms with E-state index in [9.17, 15) is 9.59 Å². The maximum absolute atomic E-state index is 13.3. The Hall–Kier alpha value is -2.45. The van der Waals surface area contributed by atoms with E-state index in [2.05, 4.69) is 10.1 Å². The Kier molecular flexibility index (Phi) is 7.42. The summed E-state index contributed by atoms with van der Waals surface area (Å²) in [6.45, 7) is 1.48. The highest BCUT2D eigenvalue weighted by Gasteiger charge is 2.35. The summed E-state index contributed by atoms with van der Waals surface area (Å²) in [7, 11) is 1.60. The van der Waals surface area contributed by atoms with Crippen LogP contribution in [0.3, 0.4) is 0 Å². The van der Waals surface area contributed by atoms with Crippen LogP contribution in [-0.2, 0) is 14.3 Å². The molecule has 0 radical (unpaired) electrons. The van der Waals surface area contributed by atoms with Crippen molar-refractivity contribution < 1.29 is 18.8 Å². The van der Waals surface area contributed by atoms with Gasteiger partial charge in [0.05, 0.1) is 13.2 Å². The number of aromatic nitrogens is 2. The molecule has 9 heteroatoms. The first-order valence-corrected chi connectivity index (χ1v) is 11.6. The third-order valence-electron chi connectivity index (χ3n) is 6.31. The van der Waals surface area contributed by atoms with Crippen LogP contribution in [0.2, 0.25) is 5.02 Å². The molecular weight excluding hydrogens is 432 g/mol. The van der Waals surface area contributed by atoms with Crippen molar-refractivity contribution in [1.29, 1.82) is 0 Å². The van der Waals surface area contributed by atoms with Gasteiger partial charge in [-0.2, -0.15) is 4.98 Å². The molecule has 1 aliphatic carbocycles. The van der Waals surface area contributed by atoms with E-state index in [1.165, 1.54) is 0 Å². The molecule has 1 aliphatic heterocycles. The van der Waals surface area contributed by atoms with Gasteiger partial charge < -0.3 is 19.1 Å². The van der Waals surface area contributed by atoms with Crippen molar-refractivity contribution in [3.63, 3.8) is 0 Å². The molecule has 1 saturated heterocycles. The smallest absolute Gasteiger partial charge is 0.249 e. The van der Waals surface area contributed by atoms with Gasteiger partial charge in [0.1, 0.15) is 6.04 Å². The number of nitrogens with zero attached hydrogens (tertiary/aromatic N) is 4. The SMILES string of the molecule is COCCN(CC(=O)N1CCCCC1c1nc(-c2ccc(Cl)cc2)no1)C(=O)C1CCC1. The van der Waals surface area contributed by atoms with E-state index in [1.54, 1.807) is 29.0 Å². The van der Waals surface area contributed by atoms with Gasteiger partial charge in [0.2, 0.25) is 23.5 Å². The predicted octanol–water partition coefficient (Wildman–Crippen LogP) is 3.72. The molecule has 2 heterocycles. The summed E-state index contributed by atoms with van der Waals surface area (Å²) < 4.78 is 10.7. The first kappa shape index (κ1) is 22.7. The van der Waals surface area contributed by atoms with Crippen LogP contribution in [0.4, 0.5) is 0 Å². The van der Waals surface area contributed by atoms with Crippen molar-refractivity contribution in [3.8, 4) is 11.4 Å². The fraction of sp³-hybridized carbons (Fsp3) is 0.565. The van der Waals surface area contributed by atoms with Gasteiger partial charge in [-0.3, -0.25) is 9.59 Å². The Morgan fingerprint density at radius 1 is 1.19 bits per heavy atom. The van der Waals surface area contributed by atoms with Crippen molar-refractivity contribution in [2.75, 3.05) is 33.4 Å². The number of benzene rings is 1. The number of likely N-dealkylation sites (tertiary alicyclic amines) is 1. The lowest BCUT2D eigenvalue weighted by molar-refractivity contribution is -0.147. The van der Waals surface area contributed by atoms with Crippen LogP contribution in [0.15, 0.2) is 28.8 Å². The molecule has 2 fully saturated rings. The summed E-state index contributed by atoms with van der Waals surface area (Å²) in [6, 6.07) is 6.93. The topological polar surface area (TPSA) is 88.8 Å². The Morgan fingerprint density at radius 3 is 2.66 bits per heavy atom. The molecule has 1 aromatic heterocycles. The standard InChI is InChI=1S/C23H29ClN4O4/c1-31-14-13-27(23(30)17-5-4-6-17)15-20(29)28-12-3-2-7-19(28)22-25-21(26-32-22)16-8-10-18(24)11-9-16/h8-11,17,19H,2-7,12-15H2,1H3. The zero-order valence-electron chi connectivity index (χ0n) is 18.3. The van der Waals surface area contributed by atoms with Crippen LogP contribution >= 0.6 is 11.6 Å². The molecule has 0 bridgehead atoms. The van der Waals surface area contributed by atoms with Crippen LogP contribution in [0.1, 0.15) is 50.5 Å². The number of carbonyl (C=O) groups excluding carboxylic acids is 2. The minimum atomic E-state index is -0.284. The van der Waals surface area contributed by atoms with E-state index in [4.69, 9.17) is 20.9 Å². The predicted molar refractivity (Wildman–Crippen MR) is 119 cm³/mol. The number of hydrogen-bond acceptors (Lipinski definition) is 6. The van der Waals surface area contributed by atoms with Gasteiger partial charge in [0.25, 0.3) is 0 Å². The highest BCUT2D eigenvalue weighted by molar-refractivity contribution is 6.30. The molecule has 0 N–H and O–H groups in total. The second-order valence-corrected chi connectivity index (χ2v) is 8.88. The van der Waals surface area contributed by atoms with Crippen molar-refractivity contribution in [3.05, 3.63) is 35.2 Å². The third kappa shape index (κ3) is 5.13. The molecule has 8 nitrogen and oxygen atoms in total.